The Bertz CT molecular complexity index is 897. The molecule has 0 aliphatic heterocycles. The van der Waals surface area contributed by atoms with Crippen LogP contribution in [0.3, 0.4) is 0 Å². The first-order chi connectivity index (χ1) is 15.2. The van der Waals surface area contributed by atoms with Gasteiger partial charge < -0.3 is 15.4 Å². The van der Waals surface area contributed by atoms with Gasteiger partial charge in [-0.1, -0.05) is 33.6 Å². The van der Waals surface area contributed by atoms with E-state index in [-0.39, 0.29) is 22.4 Å². The fourth-order valence-corrected chi connectivity index (χ4v) is 5.18. The van der Waals surface area contributed by atoms with Gasteiger partial charge in [0, 0.05) is 24.7 Å². The fourth-order valence-electron chi connectivity index (χ4n) is 3.72. The summed E-state index contributed by atoms with van der Waals surface area (Å²) in [6, 6.07) is 5.59. The smallest absolute Gasteiger partial charge is 0.325 e. The first-order valence-electron chi connectivity index (χ1n) is 11.0. The summed E-state index contributed by atoms with van der Waals surface area (Å²) in [6.45, 7) is 5.50. The van der Waals surface area contributed by atoms with Crippen molar-refractivity contribution in [2.24, 2.45) is 5.92 Å². The third-order valence-corrected chi connectivity index (χ3v) is 7.74. The lowest BCUT2D eigenvalue weighted by Crippen LogP contribution is -2.43. The van der Waals surface area contributed by atoms with E-state index in [4.69, 9.17) is 4.74 Å². The number of nitrogens with one attached hydrogen (secondary N) is 2. The van der Waals surface area contributed by atoms with E-state index in [2.05, 4.69) is 17.6 Å². The molecule has 1 aliphatic carbocycles. The van der Waals surface area contributed by atoms with Gasteiger partial charge in [-0.25, -0.2) is 8.42 Å². The molecule has 0 aromatic heterocycles. The highest BCUT2D eigenvalue weighted by Gasteiger charge is 2.24. The molecular formula is C22H33N3O6S. The Morgan fingerprint density at radius 2 is 1.69 bits per heavy atom. The van der Waals surface area contributed by atoms with Gasteiger partial charge in [0.15, 0.2) is 6.61 Å². The Labute approximate surface area is 189 Å². The Balaban J connectivity index is 1.79. The zero-order valence-corrected chi connectivity index (χ0v) is 19.7. The number of rotatable bonds is 10. The number of nitrogens with zero attached hydrogens (tertiary/aromatic N) is 1. The Kier molecular flexibility index (Phi) is 9.64. The zero-order valence-electron chi connectivity index (χ0n) is 18.9. The maximum atomic E-state index is 12.5. The van der Waals surface area contributed by atoms with Crippen molar-refractivity contribution in [3.63, 3.8) is 0 Å². The van der Waals surface area contributed by atoms with Gasteiger partial charge in [-0.15, -0.1) is 0 Å². The van der Waals surface area contributed by atoms with E-state index >= 15 is 0 Å². The Morgan fingerprint density at radius 1 is 1.06 bits per heavy atom. The fraction of sp³-hybridized carbons (Fsp3) is 0.591. The van der Waals surface area contributed by atoms with Crippen molar-refractivity contribution in [1.29, 1.82) is 0 Å². The summed E-state index contributed by atoms with van der Waals surface area (Å²) >= 11 is 0. The second kappa shape index (κ2) is 12.0. The molecule has 2 amide bonds. The molecule has 1 aliphatic rings. The molecule has 0 radical (unpaired) electrons. The van der Waals surface area contributed by atoms with Gasteiger partial charge in [0.1, 0.15) is 6.54 Å². The number of amides is 2. The van der Waals surface area contributed by atoms with E-state index in [1.165, 1.54) is 28.6 Å². The topological polar surface area (TPSA) is 122 Å². The highest BCUT2D eigenvalue weighted by molar-refractivity contribution is 7.89. The molecule has 2 atom stereocenters. The number of carbonyl (C=O) groups excluding carboxylic acids is 3. The van der Waals surface area contributed by atoms with Gasteiger partial charge in [-0.2, -0.15) is 4.31 Å². The molecule has 178 valence electrons. The maximum Gasteiger partial charge on any atom is 0.325 e. The molecular weight excluding hydrogens is 434 g/mol. The lowest BCUT2D eigenvalue weighted by atomic mass is 9.86. The summed E-state index contributed by atoms with van der Waals surface area (Å²) in [5.41, 5.74) is 0.209. The predicted molar refractivity (Wildman–Crippen MR) is 119 cm³/mol. The predicted octanol–water partition coefficient (Wildman–Crippen LogP) is 1.69. The highest BCUT2D eigenvalue weighted by atomic mass is 32.2. The van der Waals surface area contributed by atoms with Crippen molar-refractivity contribution >= 4 is 27.8 Å². The van der Waals surface area contributed by atoms with Gasteiger partial charge >= 0.3 is 5.97 Å². The molecule has 1 saturated carbocycles. The molecule has 0 spiro atoms. The van der Waals surface area contributed by atoms with Crippen LogP contribution in [0.15, 0.2) is 29.2 Å². The molecule has 2 rings (SSSR count). The van der Waals surface area contributed by atoms with Crippen LogP contribution in [-0.2, 0) is 24.3 Å². The van der Waals surface area contributed by atoms with E-state index < -0.39 is 35.1 Å². The summed E-state index contributed by atoms with van der Waals surface area (Å²) < 4.78 is 31.2. The summed E-state index contributed by atoms with van der Waals surface area (Å²) in [7, 11) is -3.61. The van der Waals surface area contributed by atoms with Crippen LogP contribution in [0.5, 0.6) is 0 Å². The van der Waals surface area contributed by atoms with E-state index in [1.54, 1.807) is 13.8 Å². The number of esters is 1. The van der Waals surface area contributed by atoms with Crippen molar-refractivity contribution in [1.82, 2.24) is 14.9 Å². The van der Waals surface area contributed by atoms with Crippen LogP contribution in [0, 0.1) is 5.92 Å². The van der Waals surface area contributed by atoms with Crippen molar-refractivity contribution in [2.75, 3.05) is 26.2 Å². The lowest BCUT2D eigenvalue weighted by Gasteiger charge is -2.29. The largest absolute Gasteiger partial charge is 0.454 e. The van der Waals surface area contributed by atoms with E-state index in [1.807, 2.05) is 0 Å². The summed E-state index contributed by atoms with van der Waals surface area (Å²) in [6.07, 6.45) is 4.23. The van der Waals surface area contributed by atoms with Crippen molar-refractivity contribution in [3.05, 3.63) is 29.8 Å². The molecule has 9 nitrogen and oxygen atoms in total. The first-order valence-corrected chi connectivity index (χ1v) is 12.5. The van der Waals surface area contributed by atoms with Crippen LogP contribution in [0.2, 0.25) is 0 Å². The quantitative estimate of drug-likeness (QED) is 0.505. The van der Waals surface area contributed by atoms with E-state index in [9.17, 15) is 22.8 Å². The number of benzene rings is 1. The molecule has 0 saturated heterocycles. The molecule has 10 heteroatoms. The lowest BCUT2D eigenvalue weighted by molar-refractivity contribution is -0.147. The van der Waals surface area contributed by atoms with E-state index in [0.717, 1.165) is 25.7 Å². The van der Waals surface area contributed by atoms with Crippen LogP contribution in [-0.4, -0.2) is 62.8 Å². The minimum Gasteiger partial charge on any atom is -0.454 e. The van der Waals surface area contributed by atoms with Gasteiger partial charge in [-0.3, -0.25) is 14.4 Å². The first kappa shape index (κ1) is 25.8. The molecule has 32 heavy (non-hydrogen) atoms. The van der Waals surface area contributed by atoms with Gasteiger partial charge in [0.2, 0.25) is 10.0 Å². The number of sulfonamides is 1. The van der Waals surface area contributed by atoms with Crippen LogP contribution in [0.25, 0.3) is 0 Å². The number of ether oxygens (including phenoxy) is 1. The molecule has 1 aromatic carbocycles. The number of hydrogen-bond donors (Lipinski definition) is 2. The van der Waals surface area contributed by atoms with Gasteiger partial charge in [0.05, 0.1) is 4.90 Å². The summed E-state index contributed by atoms with van der Waals surface area (Å²) in [5.74, 6) is -1.23. The highest BCUT2D eigenvalue weighted by Crippen LogP contribution is 2.23. The van der Waals surface area contributed by atoms with Crippen molar-refractivity contribution < 1.29 is 27.5 Å². The van der Waals surface area contributed by atoms with Gasteiger partial charge in [-0.05, 0) is 43.0 Å². The van der Waals surface area contributed by atoms with Crippen LogP contribution >= 0.6 is 0 Å². The number of carbonyl (C=O) groups is 3. The van der Waals surface area contributed by atoms with Crippen LogP contribution < -0.4 is 10.6 Å². The third-order valence-electron chi connectivity index (χ3n) is 5.68. The molecule has 0 bridgehead atoms. The van der Waals surface area contributed by atoms with Crippen molar-refractivity contribution in [2.45, 2.75) is 57.4 Å². The SMILES string of the molecule is CCN(CC)S(=O)(=O)c1ccc(C(=O)NCC(=O)OCC(=O)NC2CCCCC2C)cc1. The average molecular weight is 468 g/mol. The molecule has 2 N–H and O–H groups in total. The minimum atomic E-state index is -3.61. The Hall–Kier alpha value is -2.46. The van der Waals surface area contributed by atoms with Crippen LogP contribution in [0.4, 0.5) is 0 Å². The normalized spacial score (nSPS) is 18.8. The van der Waals surface area contributed by atoms with Crippen LogP contribution in [0.1, 0.15) is 56.8 Å². The molecule has 1 aromatic rings. The average Bonchev–Trinajstić information content (AvgIpc) is 2.78. The molecule has 1 fully saturated rings. The zero-order chi connectivity index (χ0) is 23.7. The van der Waals surface area contributed by atoms with Crippen molar-refractivity contribution in [3.8, 4) is 0 Å². The molecule has 0 heterocycles. The maximum absolute atomic E-state index is 12.5. The standard InChI is InChI=1S/C22H33N3O6S/c1-4-25(5-2)32(29,30)18-12-10-17(11-13-18)22(28)23-14-21(27)31-15-20(26)24-19-9-7-6-8-16(19)3/h10-13,16,19H,4-9,14-15H2,1-3H3,(H,23,28)(H,24,26). The third kappa shape index (κ3) is 7.03. The number of hydrogen-bond acceptors (Lipinski definition) is 6. The second-order valence-corrected chi connectivity index (χ2v) is 9.83. The second-order valence-electron chi connectivity index (χ2n) is 7.89. The summed E-state index contributed by atoms with van der Waals surface area (Å²) in [4.78, 5) is 36.2. The molecule has 2 unspecified atom stereocenters. The monoisotopic (exact) mass is 467 g/mol. The van der Waals surface area contributed by atoms with Gasteiger partial charge in [0.25, 0.3) is 11.8 Å². The summed E-state index contributed by atoms with van der Waals surface area (Å²) in [5, 5.41) is 5.30. The van der Waals surface area contributed by atoms with E-state index in [0.29, 0.717) is 19.0 Å². The Morgan fingerprint density at radius 3 is 2.28 bits per heavy atom. The minimum absolute atomic E-state index is 0.0930.